The molecule has 1 aliphatic carbocycles. The van der Waals surface area contributed by atoms with E-state index >= 15 is 0 Å². The molecule has 0 saturated carbocycles. The van der Waals surface area contributed by atoms with E-state index in [2.05, 4.69) is 5.32 Å². The maximum absolute atomic E-state index is 13.3. The van der Waals surface area contributed by atoms with E-state index in [1.54, 1.807) is 23.0 Å². The van der Waals surface area contributed by atoms with Crippen molar-refractivity contribution in [3.8, 4) is 0 Å². The molecule has 0 saturated heterocycles. The number of Topliss-reactive ketones (excluding diaryl/α,β-unsaturated/α-hetero) is 1. The van der Waals surface area contributed by atoms with Crippen LogP contribution >= 0.6 is 23.1 Å². The molecule has 30 heavy (non-hydrogen) atoms. The summed E-state index contributed by atoms with van der Waals surface area (Å²) in [6, 6.07) is -0.506. The molecular weight excluding hydrogens is 422 g/mol. The fraction of sp³-hybridized carbons (Fsp3) is 0.619. The van der Waals surface area contributed by atoms with Crippen LogP contribution in [-0.2, 0) is 33.7 Å². The summed E-state index contributed by atoms with van der Waals surface area (Å²) in [5.74, 6) is -0.202. The predicted octanol–water partition coefficient (Wildman–Crippen LogP) is 2.81. The predicted molar refractivity (Wildman–Crippen MR) is 121 cm³/mol. The zero-order valence-electron chi connectivity index (χ0n) is 17.9. The number of carbonyl (C=O) groups is 2. The largest absolute Gasteiger partial charge is 0.383 e. The second-order valence-corrected chi connectivity index (χ2v) is 9.95. The number of nitrogens with one attached hydrogen (secondary N) is 1. The minimum atomic E-state index is -0.506. The third kappa shape index (κ3) is 4.95. The molecular formula is C21H29N3O4S2. The molecule has 0 bridgehead atoms. The van der Waals surface area contributed by atoms with Gasteiger partial charge in [0.25, 0.3) is 5.56 Å². The number of thioether (sulfide) groups is 1. The zero-order valence-corrected chi connectivity index (χ0v) is 19.6. The Morgan fingerprint density at radius 1 is 1.30 bits per heavy atom. The molecule has 164 valence electrons. The number of aromatic nitrogens is 2. The minimum Gasteiger partial charge on any atom is -0.383 e. The van der Waals surface area contributed by atoms with Crippen LogP contribution in [0.3, 0.4) is 0 Å². The SMILES string of the molecule is COCCn1c(SCC(=O)NC(C(C)=O)C(C)C)nc2sc3c(c2c1=O)CCCC3. The zero-order chi connectivity index (χ0) is 21.8. The summed E-state index contributed by atoms with van der Waals surface area (Å²) in [6.45, 7) is 6.05. The number of rotatable bonds is 9. The Morgan fingerprint density at radius 2 is 2.03 bits per heavy atom. The molecule has 0 aliphatic heterocycles. The molecule has 2 aromatic heterocycles. The molecule has 7 nitrogen and oxygen atoms in total. The van der Waals surface area contributed by atoms with E-state index in [-0.39, 0.29) is 28.9 Å². The van der Waals surface area contributed by atoms with Crippen molar-refractivity contribution in [3.05, 3.63) is 20.8 Å². The third-order valence-corrected chi connectivity index (χ3v) is 7.47. The number of hydrogen-bond acceptors (Lipinski definition) is 7. The van der Waals surface area contributed by atoms with E-state index in [1.807, 2.05) is 13.8 Å². The number of hydrogen-bond donors (Lipinski definition) is 1. The average molecular weight is 452 g/mol. The van der Waals surface area contributed by atoms with Crippen LogP contribution in [0.1, 0.15) is 44.1 Å². The third-order valence-electron chi connectivity index (χ3n) is 5.31. The van der Waals surface area contributed by atoms with Gasteiger partial charge in [-0.1, -0.05) is 25.6 Å². The van der Waals surface area contributed by atoms with Gasteiger partial charge in [0.15, 0.2) is 10.9 Å². The van der Waals surface area contributed by atoms with Crippen LogP contribution in [0.5, 0.6) is 0 Å². The van der Waals surface area contributed by atoms with Gasteiger partial charge in [0.1, 0.15) is 4.83 Å². The molecule has 2 heterocycles. The van der Waals surface area contributed by atoms with Gasteiger partial charge in [0, 0.05) is 12.0 Å². The Hall–Kier alpha value is -1.71. The van der Waals surface area contributed by atoms with E-state index in [9.17, 15) is 14.4 Å². The van der Waals surface area contributed by atoms with Gasteiger partial charge in [-0.15, -0.1) is 11.3 Å². The number of nitrogens with zero attached hydrogens (tertiary/aromatic N) is 2. The van der Waals surface area contributed by atoms with Gasteiger partial charge in [0.05, 0.1) is 30.3 Å². The van der Waals surface area contributed by atoms with Crippen LogP contribution in [0.15, 0.2) is 9.95 Å². The van der Waals surface area contributed by atoms with Gasteiger partial charge in [-0.2, -0.15) is 0 Å². The molecule has 1 N–H and O–H groups in total. The highest BCUT2D eigenvalue weighted by atomic mass is 32.2. The Morgan fingerprint density at radius 3 is 2.70 bits per heavy atom. The van der Waals surface area contributed by atoms with Gasteiger partial charge in [0.2, 0.25) is 5.91 Å². The van der Waals surface area contributed by atoms with Crippen LogP contribution in [0.2, 0.25) is 0 Å². The number of amides is 1. The first-order valence-corrected chi connectivity index (χ1v) is 12.1. The minimum absolute atomic E-state index is 0.0169. The Labute approximate surface area is 184 Å². The van der Waals surface area contributed by atoms with Crippen molar-refractivity contribution in [1.29, 1.82) is 0 Å². The quantitative estimate of drug-likeness (QED) is 0.466. The molecule has 0 aromatic carbocycles. The van der Waals surface area contributed by atoms with Crippen LogP contribution in [0.4, 0.5) is 0 Å². The van der Waals surface area contributed by atoms with E-state index < -0.39 is 6.04 Å². The van der Waals surface area contributed by atoms with E-state index in [4.69, 9.17) is 9.72 Å². The molecule has 1 unspecified atom stereocenters. The summed E-state index contributed by atoms with van der Waals surface area (Å²) in [4.78, 5) is 44.3. The normalized spacial score (nSPS) is 14.7. The summed E-state index contributed by atoms with van der Waals surface area (Å²) in [6.07, 6.45) is 4.17. The molecule has 9 heteroatoms. The van der Waals surface area contributed by atoms with Crippen molar-refractivity contribution in [1.82, 2.24) is 14.9 Å². The van der Waals surface area contributed by atoms with Crippen LogP contribution in [0, 0.1) is 5.92 Å². The Bertz CT molecular complexity index is 996. The highest BCUT2D eigenvalue weighted by molar-refractivity contribution is 7.99. The lowest BCUT2D eigenvalue weighted by Crippen LogP contribution is -2.44. The van der Waals surface area contributed by atoms with Crippen molar-refractivity contribution in [3.63, 3.8) is 0 Å². The van der Waals surface area contributed by atoms with Crippen molar-refractivity contribution in [2.24, 2.45) is 5.92 Å². The molecule has 0 radical (unpaired) electrons. The first-order chi connectivity index (χ1) is 14.3. The summed E-state index contributed by atoms with van der Waals surface area (Å²) >= 11 is 2.82. The number of aryl methyl sites for hydroxylation is 2. The van der Waals surface area contributed by atoms with Crippen LogP contribution < -0.4 is 10.9 Å². The number of methoxy groups -OCH3 is 1. The summed E-state index contributed by atoms with van der Waals surface area (Å²) in [5, 5.41) is 4.04. The highest BCUT2D eigenvalue weighted by Crippen LogP contribution is 2.34. The molecule has 1 atom stereocenters. The van der Waals surface area contributed by atoms with E-state index in [0.717, 1.165) is 41.5 Å². The molecule has 1 amide bonds. The smallest absolute Gasteiger partial charge is 0.263 e. The Balaban J connectivity index is 1.87. The van der Waals surface area contributed by atoms with E-state index in [1.165, 1.54) is 23.6 Å². The maximum atomic E-state index is 13.3. The van der Waals surface area contributed by atoms with Crippen molar-refractivity contribution < 1.29 is 14.3 Å². The van der Waals surface area contributed by atoms with Crippen molar-refractivity contribution in [2.45, 2.75) is 64.2 Å². The number of ether oxygens (including phenoxy) is 1. The maximum Gasteiger partial charge on any atom is 0.263 e. The van der Waals surface area contributed by atoms with Gasteiger partial charge in [-0.05, 0) is 44.1 Å². The topological polar surface area (TPSA) is 90.3 Å². The standard InChI is InChI=1S/C21H29N3O4S2/c1-12(2)18(13(3)25)22-16(26)11-29-21-23-19-17(20(27)24(21)9-10-28-4)14-7-5-6-8-15(14)30-19/h12,18H,5-11H2,1-4H3,(H,22,26). The average Bonchev–Trinajstić information content (AvgIpc) is 3.08. The molecule has 1 aliphatic rings. The molecule has 3 rings (SSSR count). The lowest BCUT2D eigenvalue weighted by Gasteiger charge is -2.19. The van der Waals surface area contributed by atoms with Gasteiger partial charge >= 0.3 is 0 Å². The fourth-order valence-electron chi connectivity index (χ4n) is 3.79. The molecule has 2 aromatic rings. The lowest BCUT2D eigenvalue weighted by atomic mass is 9.97. The monoisotopic (exact) mass is 451 g/mol. The van der Waals surface area contributed by atoms with Crippen molar-refractivity contribution >= 4 is 45.0 Å². The number of ketones is 1. The molecule has 0 spiro atoms. The number of thiophene rings is 1. The second-order valence-electron chi connectivity index (χ2n) is 7.92. The van der Waals surface area contributed by atoms with Crippen LogP contribution in [0.25, 0.3) is 10.2 Å². The summed E-state index contributed by atoms with van der Waals surface area (Å²) in [7, 11) is 1.59. The Kier molecular flexibility index (Phi) is 7.70. The van der Waals surface area contributed by atoms with E-state index in [0.29, 0.717) is 18.3 Å². The number of carbonyl (C=O) groups excluding carboxylic acids is 2. The van der Waals surface area contributed by atoms with Gasteiger partial charge in [-0.25, -0.2) is 4.98 Å². The molecule has 0 fully saturated rings. The van der Waals surface area contributed by atoms with Gasteiger partial charge in [-0.3, -0.25) is 19.0 Å². The van der Waals surface area contributed by atoms with Crippen LogP contribution in [-0.4, -0.2) is 46.8 Å². The first kappa shape index (κ1) is 23.0. The van der Waals surface area contributed by atoms with Crippen molar-refractivity contribution in [2.75, 3.05) is 19.5 Å². The lowest BCUT2D eigenvalue weighted by molar-refractivity contribution is -0.126. The summed E-state index contributed by atoms with van der Waals surface area (Å²) < 4.78 is 6.80. The summed E-state index contributed by atoms with van der Waals surface area (Å²) in [5.41, 5.74) is 1.10. The first-order valence-electron chi connectivity index (χ1n) is 10.3. The highest BCUT2D eigenvalue weighted by Gasteiger charge is 2.24. The second kappa shape index (κ2) is 10.1. The number of fused-ring (bicyclic) bond motifs is 3. The fourth-order valence-corrected chi connectivity index (χ4v) is 5.93. The van der Waals surface area contributed by atoms with Gasteiger partial charge < -0.3 is 10.1 Å².